The highest BCUT2D eigenvalue weighted by Gasteiger charge is 2.04. The van der Waals surface area contributed by atoms with Crippen molar-refractivity contribution in [3.05, 3.63) is 41.9 Å². The molecule has 0 bridgehead atoms. The molecule has 0 radical (unpaired) electrons. The number of rotatable bonds is 4. The largest absolute Gasteiger partial charge is 0.469 e. The van der Waals surface area contributed by atoms with Crippen molar-refractivity contribution in [3.63, 3.8) is 0 Å². The van der Waals surface area contributed by atoms with Gasteiger partial charge in [-0.2, -0.15) is 0 Å². The van der Waals surface area contributed by atoms with Gasteiger partial charge in [0.25, 0.3) is 0 Å². The van der Waals surface area contributed by atoms with E-state index in [1.54, 1.807) is 12.6 Å². The zero-order valence-electron chi connectivity index (χ0n) is 7.86. The van der Waals surface area contributed by atoms with Crippen LogP contribution in [0.1, 0.15) is 17.1 Å². The Morgan fingerprint density at radius 2 is 2.36 bits per heavy atom. The monoisotopic (exact) mass is 191 g/mol. The van der Waals surface area contributed by atoms with Crippen LogP contribution in [-0.4, -0.2) is 9.97 Å². The molecule has 0 saturated heterocycles. The fourth-order valence-electron chi connectivity index (χ4n) is 1.44. The fourth-order valence-corrected chi connectivity index (χ4v) is 1.44. The van der Waals surface area contributed by atoms with Crippen LogP contribution in [0.2, 0.25) is 0 Å². The zero-order chi connectivity index (χ0) is 9.80. The molecule has 0 spiro atoms. The fraction of sp³-hybridized carbons (Fsp3) is 0.300. The SMILES string of the molecule is NCc1[nH]cnc1CCc1ccco1. The van der Waals surface area contributed by atoms with Gasteiger partial charge in [0.1, 0.15) is 5.76 Å². The number of H-pyrrole nitrogens is 1. The van der Waals surface area contributed by atoms with E-state index in [9.17, 15) is 0 Å². The Bertz CT molecular complexity index is 378. The molecular formula is C10H13N3O. The summed E-state index contributed by atoms with van der Waals surface area (Å²) >= 11 is 0. The molecule has 0 saturated carbocycles. The summed E-state index contributed by atoms with van der Waals surface area (Å²) in [6.07, 6.45) is 5.10. The lowest BCUT2D eigenvalue weighted by molar-refractivity contribution is 0.507. The summed E-state index contributed by atoms with van der Waals surface area (Å²) in [5, 5.41) is 0. The Labute approximate surface area is 82.1 Å². The van der Waals surface area contributed by atoms with E-state index in [0.717, 1.165) is 30.0 Å². The summed E-state index contributed by atoms with van der Waals surface area (Å²) in [5.41, 5.74) is 7.59. The average Bonchev–Trinajstić information content (AvgIpc) is 2.85. The smallest absolute Gasteiger partial charge is 0.104 e. The third-order valence-corrected chi connectivity index (χ3v) is 2.20. The van der Waals surface area contributed by atoms with Crippen molar-refractivity contribution in [3.8, 4) is 0 Å². The second-order valence-electron chi connectivity index (χ2n) is 3.11. The third-order valence-electron chi connectivity index (χ3n) is 2.20. The van der Waals surface area contributed by atoms with Crippen LogP contribution in [0.25, 0.3) is 0 Å². The highest BCUT2D eigenvalue weighted by atomic mass is 16.3. The van der Waals surface area contributed by atoms with Crippen LogP contribution in [0.4, 0.5) is 0 Å². The molecule has 4 nitrogen and oxygen atoms in total. The third kappa shape index (κ3) is 1.85. The number of hydrogen-bond donors (Lipinski definition) is 2. The quantitative estimate of drug-likeness (QED) is 0.764. The molecular weight excluding hydrogens is 178 g/mol. The summed E-state index contributed by atoms with van der Waals surface area (Å²) < 4.78 is 5.24. The molecule has 2 aromatic rings. The Morgan fingerprint density at radius 3 is 3.07 bits per heavy atom. The molecule has 0 aliphatic carbocycles. The number of nitrogens with two attached hydrogens (primary N) is 1. The minimum Gasteiger partial charge on any atom is -0.469 e. The van der Waals surface area contributed by atoms with Crippen molar-refractivity contribution in [1.29, 1.82) is 0 Å². The first kappa shape index (κ1) is 9.02. The maximum Gasteiger partial charge on any atom is 0.104 e. The molecule has 0 fully saturated rings. The van der Waals surface area contributed by atoms with E-state index < -0.39 is 0 Å². The van der Waals surface area contributed by atoms with Gasteiger partial charge in [-0.3, -0.25) is 0 Å². The van der Waals surface area contributed by atoms with Crippen LogP contribution >= 0.6 is 0 Å². The maximum absolute atomic E-state index is 5.55. The molecule has 0 atom stereocenters. The Balaban J connectivity index is 1.98. The summed E-state index contributed by atoms with van der Waals surface area (Å²) in [5.74, 6) is 0.982. The first-order valence-corrected chi connectivity index (χ1v) is 4.63. The lowest BCUT2D eigenvalue weighted by Crippen LogP contribution is -2.02. The minimum atomic E-state index is 0.507. The Hall–Kier alpha value is -1.55. The molecule has 2 aromatic heterocycles. The molecule has 74 valence electrons. The Kier molecular flexibility index (Phi) is 2.65. The van der Waals surface area contributed by atoms with E-state index in [0.29, 0.717) is 6.54 Å². The highest BCUT2D eigenvalue weighted by Crippen LogP contribution is 2.08. The highest BCUT2D eigenvalue weighted by molar-refractivity contribution is 5.12. The molecule has 14 heavy (non-hydrogen) atoms. The van der Waals surface area contributed by atoms with Crippen molar-refractivity contribution in [2.75, 3.05) is 0 Å². The van der Waals surface area contributed by atoms with Gasteiger partial charge in [-0.05, 0) is 18.6 Å². The predicted octanol–water partition coefficient (Wildman–Crippen LogP) is 1.25. The van der Waals surface area contributed by atoms with Crippen LogP contribution in [0.3, 0.4) is 0 Å². The number of furan rings is 1. The number of aromatic amines is 1. The van der Waals surface area contributed by atoms with E-state index in [4.69, 9.17) is 10.2 Å². The van der Waals surface area contributed by atoms with Gasteiger partial charge in [0.15, 0.2) is 0 Å². The van der Waals surface area contributed by atoms with E-state index in [1.165, 1.54) is 0 Å². The molecule has 0 aliphatic rings. The minimum absolute atomic E-state index is 0.507. The van der Waals surface area contributed by atoms with Gasteiger partial charge >= 0.3 is 0 Å². The van der Waals surface area contributed by atoms with Crippen molar-refractivity contribution in [1.82, 2.24) is 9.97 Å². The molecule has 2 rings (SSSR count). The van der Waals surface area contributed by atoms with Gasteiger partial charge < -0.3 is 15.1 Å². The first-order chi connectivity index (χ1) is 6.90. The number of nitrogens with one attached hydrogen (secondary N) is 1. The molecule has 2 heterocycles. The van der Waals surface area contributed by atoms with E-state index in [1.807, 2.05) is 12.1 Å². The summed E-state index contributed by atoms with van der Waals surface area (Å²) in [6.45, 7) is 0.507. The standard InChI is InChI=1S/C10H13N3O/c11-6-10-9(12-7-13-10)4-3-8-2-1-5-14-8/h1-2,5,7H,3-4,6,11H2,(H,12,13). The maximum atomic E-state index is 5.55. The molecule has 0 aliphatic heterocycles. The van der Waals surface area contributed by atoms with E-state index in [2.05, 4.69) is 9.97 Å². The Morgan fingerprint density at radius 1 is 1.43 bits per heavy atom. The summed E-state index contributed by atoms with van der Waals surface area (Å²) in [4.78, 5) is 7.23. The first-order valence-electron chi connectivity index (χ1n) is 4.63. The van der Waals surface area contributed by atoms with Gasteiger partial charge in [0.2, 0.25) is 0 Å². The van der Waals surface area contributed by atoms with Crippen LogP contribution in [0.15, 0.2) is 29.1 Å². The second-order valence-corrected chi connectivity index (χ2v) is 3.11. The lowest BCUT2D eigenvalue weighted by Gasteiger charge is -1.97. The zero-order valence-corrected chi connectivity index (χ0v) is 7.86. The summed E-state index contributed by atoms with van der Waals surface area (Å²) in [7, 11) is 0. The van der Waals surface area contributed by atoms with Gasteiger partial charge in [-0.15, -0.1) is 0 Å². The van der Waals surface area contributed by atoms with E-state index in [-0.39, 0.29) is 0 Å². The van der Waals surface area contributed by atoms with Crippen LogP contribution < -0.4 is 5.73 Å². The van der Waals surface area contributed by atoms with Crippen LogP contribution in [0.5, 0.6) is 0 Å². The van der Waals surface area contributed by atoms with Crippen molar-refractivity contribution < 1.29 is 4.42 Å². The van der Waals surface area contributed by atoms with Gasteiger partial charge in [0.05, 0.1) is 24.0 Å². The number of nitrogens with zero attached hydrogens (tertiary/aromatic N) is 1. The van der Waals surface area contributed by atoms with Gasteiger partial charge in [0, 0.05) is 13.0 Å². The number of aryl methyl sites for hydroxylation is 2. The molecule has 0 amide bonds. The van der Waals surface area contributed by atoms with Crippen LogP contribution in [-0.2, 0) is 19.4 Å². The molecule has 0 unspecified atom stereocenters. The van der Waals surface area contributed by atoms with E-state index >= 15 is 0 Å². The summed E-state index contributed by atoms with van der Waals surface area (Å²) in [6, 6.07) is 3.86. The normalized spacial score (nSPS) is 10.6. The number of aromatic nitrogens is 2. The van der Waals surface area contributed by atoms with Crippen LogP contribution in [0, 0.1) is 0 Å². The predicted molar refractivity (Wildman–Crippen MR) is 52.6 cm³/mol. The second kappa shape index (κ2) is 4.11. The molecule has 4 heteroatoms. The average molecular weight is 191 g/mol. The van der Waals surface area contributed by atoms with Gasteiger partial charge in [-0.25, -0.2) is 4.98 Å². The van der Waals surface area contributed by atoms with Gasteiger partial charge in [-0.1, -0.05) is 0 Å². The molecule has 0 aromatic carbocycles. The van der Waals surface area contributed by atoms with Crippen molar-refractivity contribution >= 4 is 0 Å². The number of hydrogen-bond acceptors (Lipinski definition) is 3. The van der Waals surface area contributed by atoms with Crippen molar-refractivity contribution in [2.24, 2.45) is 5.73 Å². The lowest BCUT2D eigenvalue weighted by atomic mass is 10.2. The molecule has 3 N–H and O–H groups in total. The topological polar surface area (TPSA) is 67.8 Å². The number of imidazole rings is 1. The van der Waals surface area contributed by atoms with Crippen molar-refractivity contribution in [2.45, 2.75) is 19.4 Å².